The van der Waals surface area contributed by atoms with Gasteiger partial charge in [-0.05, 0) is 45.4 Å². The van der Waals surface area contributed by atoms with Crippen LogP contribution >= 0.6 is 0 Å². The molecule has 17 heavy (non-hydrogen) atoms. The fourth-order valence-electron chi connectivity index (χ4n) is 2.10. The van der Waals surface area contributed by atoms with E-state index in [4.69, 9.17) is 0 Å². The van der Waals surface area contributed by atoms with Gasteiger partial charge in [0.1, 0.15) is 0 Å². The van der Waals surface area contributed by atoms with Crippen LogP contribution in [0.25, 0.3) is 5.69 Å². The third kappa shape index (κ3) is 2.13. The molecule has 0 fully saturated rings. The predicted molar refractivity (Wildman–Crippen MR) is 68.8 cm³/mol. The number of nitrogens with zero attached hydrogens (tertiary/aromatic N) is 2. The highest BCUT2D eigenvalue weighted by atomic mass is 16.1. The summed E-state index contributed by atoms with van der Waals surface area (Å²) in [6, 6.07) is 7.96. The number of hydrogen-bond acceptors (Lipinski definition) is 2. The second kappa shape index (κ2) is 4.17. The summed E-state index contributed by atoms with van der Waals surface area (Å²) in [4.78, 5) is 15.9. The van der Waals surface area contributed by atoms with Crippen LogP contribution in [0.15, 0.2) is 29.1 Å². The smallest absolute Gasteiger partial charge is 0.265 e. The summed E-state index contributed by atoms with van der Waals surface area (Å²) < 4.78 is 1.65. The van der Waals surface area contributed by atoms with Crippen LogP contribution in [0.1, 0.15) is 22.5 Å². The number of rotatable bonds is 1. The molecule has 1 aromatic heterocycles. The molecule has 88 valence electrons. The molecule has 3 heteroatoms. The molecule has 2 rings (SSSR count). The molecule has 0 radical (unpaired) electrons. The maximum atomic E-state index is 12.0. The average molecular weight is 228 g/mol. The van der Waals surface area contributed by atoms with Gasteiger partial charge in [-0.25, -0.2) is 4.79 Å². The summed E-state index contributed by atoms with van der Waals surface area (Å²) in [5, 5.41) is 0. The number of aryl methyl sites for hydroxylation is 4. The zero-order chi connectivity index (χ0) is 12.6. The first-order valence-electron chi connectivity index (χ1n) is 5.64. The molecule has 1 heterocycles. The number of aromatic nitrogens is 2. The van der Waals surface area contributed by atoms with Crippen LogP contribution in [0.3, 0.4) is 0 Å². The van der Waals surface area contributed by atoms with Gasteiger partial charge in [0.05, 0.1) is 5.69 Å². The summed E-state index contributed by atoms with van der Waals surface area (Å²) in [5.41, 5.74) is 4.64. The molecule has 0 aliphatic rings. The Morgan fingerprint density at radius 3 is 2.35 bits per heavy atom. The molecule has 3 nitrogen and oxygen atoms in total. The molecule has 0 saturated carbocycles. The molecule has 0 saturated heterocycles. The standard InChI is InChI=1S/C14H16N2O/c1-9-5-6-13(10(2)7-9)16-12(4)8-11(3)15-14(16)17/h5-8H,1-4H3. The lowest BCUT2D eigenvalue weighted by Gasteiger charge is -2.12. The zero-order valence-electron chi connectivity index (χ0n) is 10.6. The van der Waals surface area contributed by atoms with Gasteiger partial charge in [0.25, 0.3) is 0 Å². The van der Waals surface area contributed by atoms with Crippen molar-refractivity contribution in [3.8, 4) is 5.69 Å². The lowest BCUT2D eigenvalue weighted by molar-refractivity contribution is 0.849. The van der Waals surface area contributed by atoms with Crippen LogP contribution in [-0.2, 0) is 0 Å². The fourth-order valence-corrected chi connectivity index (χ4v) is 2.10. The van der Waals surface area contributed by atoms with E-state index in [1.807, 2.05) is 45.9 Å². The van der Waals surface area contributed by atoms with Gasteiger partial charge in [0.15, 0.2) is 0 Å². The molecule has 2 aromatic rings. The highest BCUT2D eigenvalue weighted by molar-refractivity contribution is 5.43. The van der Waals surface area contributed by atoms with E-state index < -0.39 is 0 Å². The quantitative estimate of drug-likeness (QED) is 0.751. The molecular formula is C14H16N2O. The highest BCUT2D eigenvalue weighted by Gasteiger charge is 2.07. The molecule has 0 spiro atoms. The molecule has 0 aliphatic carbocycles. The highest BCUT2D eigenvalue weighted by Crippen LogP contribution is 2.15. The second-order valence-corrected chi connectivity index (χ2v) is 4.45. The Morgan fingerprint density at radius 2 is 1.76 bits per heavy atom. The zero-order valence-corrected chi connectivity index (χ0v) is 10.6. The topological polar surface area (TPSA) is 34.9 Å². The minimum absolute atomic E-state index is 0.213. The van der Waals surface area contributed by atoms with Gasteiger partial charge in [0.2, 0.25) is 0 Å². The van der Waals surface area contributed by atoms with Crippen molar-refractivity contribution >= 4 is 0 Å². The SMILES string of the molecule is Cc1ccc(-n2c(C)cc(C)nc2=O)c(C)c1. The van der Waals surface area contributed by atoms with Gasteiger partial charge in [-0.3, -0.25) is 4.57 Å². The number of hydrogen-bond donors (Lipinski definition) is 0. The molecule has 0 aliphatic heterocycles. The van der Waals surface area contributed by atoms with Crippen LogP contribution in [0, 0.1) is 27.7 Å². The Bertz CT molecular complexity index is 627. The van der Waals surface area contributed by atoms with Gasteiger partial charge in [-0.2, -0.15) is 4.98 Å². The third-order valence-corrected chi connectivity index (χ3v) is 2.83. The van der Waals surface area contributed by atoms with E-state index in [0.717, 1.165) is 22.6 Å². The normalized spacial score (nSPS) is 10.6. The van der Waals surface area contributed by atoms with Crippen molar-refractivity contribution in [2.75, 3.05) is 0 Å². The molecule has 0 atom stereocenters. The summed E-state index contributed by atoms with van der Waals surface area (Å²) in [6.45, 7) is 7.81. The minimum Gasteiger partial charge on any atom is -0.265 e. The van der Waals surface area contributed by atoms with Crippen molar-refractivity contribution in [2.24, 2.45) is 0 Å². The first kappa shape index (κ1) is 11.6. The lowest BCUT2D eigenvalue weighted by Crippen LogP contribution is -2.24. The molecule has 0 bridgehead atoms. The largest absolute Gasteiger partial charge is 0.352 e. The van der Waals surface area contributed by atoms with Gasteiger partial charge >= 0.3 is 5.69 Å². The first-order chi connectivity index (χ1) is 7.99. The summed E-state index contributed by atoms with van der Waals surface area (Å²) >= 11 is 0. The van der Waals surface area contributed by atoms with Gasteiger partial charge in [-0.1, -0.05) is 17.7 Å². The summed E-state index contributed by atoms with van der Waals surface area (Å²) in [5.74, 6) is 0. The monoisotopic (exact) mass is 228 g/mol. The third-order valence-electron chi connectivity index (χ3n) is 2.83. The van der Waals surface area contributed by atoms with Crippen molar-refractivity contribution in [3.05, 3.63) is 57.3 Å². The van der Waals surface area contributed by atoms with Crippen LogP contribution in [0.2, 0.25) is 0 Å². The molecule has 0 amide bonds. The molecule has 0 unspecified atom stereocenters. The van der Waals surface area contributed by atoms with Crippen molar-refractivity contribution in [1.82, 2.24) is 9.55 Å². The van der Waals surface area contributed by atoms with Crippen LogP contribution in [0.4, 0.5) is 0 Å². The summed E-state index contributed by atoms with van der Waals surface area (Å²) in [7, 11) is 0. The predicted octanol–water partition coefficient (Wildman–Crippen LogP) is 2.47. The van der Waals surface area contributed by atoms with E-state index in [9.17, 15) is 4.79 Å². The Labute approximate surface area is 101 Å². The Hall–Kier alpha value is -1.90. The van der Waals surface area contributed by atoms with E-state index in [2.05, 4.69) is 11.1 Å². The Morgan fingerprint density at radius 1 is 1.06 bits per heavy atom. The van der Waals surface area contributed by atoms with E-state index in [1.54, 1.807) is 4.57 Å². The maximum Gasteiger partial charge on any atom is 0.352 e. The Kier molecular flexibility index (Phi) is 2.84. The first-order valence-corrected chi connectivity index (χ1v) is 5.64. The molecule has 1 aromatic carbocycles. The van der Waals surface area contributed by atoms with Crippen molar-refractivity contribution in [1.29, 1.82) is 0 Å². The van der Waals surface area contributed by atoms with Crippen LogP contribution < -0.4 is 5.69 Å². The fraction of sp³-hybridized carbons (Fsp3) is 0.286. The van der Waals surface area contributed by atoms with Gasteiger partial charge < -0.3 is 0 Å². The Balaban J connectivity index is 2.73. The molecule has 0 N–H and O–H groups in total. The van der Waals surface area contributed by atoms with Gasteiger partial charge in [0, 0.05) is 11.4 Å². The number of benzene rings is 1. The van der Waals surface area contributed by atoms with E-state index in [-0.39, 0.29) is 5.69 Å². The van der Waals surface area contributed by atoms with E-state index in [0.29, 0.717) is 0 Å². The molecular weight excluding hydrogens is 212 g/mol. The second-order valence-electron chi connectivity index (χ2n) is 4.45. The average Bonchev–Trinajstić information content (AvgIpc) is 2.19. The summed E-state index contributed by atoms with van der Waals surface area (Å²) in [6.07, 6.45) is 0. The van der Waals surface area contributed by atoms with Gasteiger partial charge in [-0.15, -0.1) is 0 Å². The van der Waals surface area contributed by atoms with Crippen molar-refractivity contribution in [3.63, 3.8) is 0 Å². The van der Waals surface area contributed by atoms with Crippen LogP contribution in [0.5, 0.6) is 0 Å². The van der Waals surface area contributed by atoms with Crippen LogP contribution in [-0.4, -0.2) is 9.55 Å². The van der Waals surface area contributed by atoms with E-state index in [1.165, 1.54) is 5.56 Å². The van der Waals surface area contributed by atoms with E-state index >= 15 is 0 Å². The maximum absolute atomic E-state index is 12.0. The van der Waals surface area contributed by atoms with Crippen molar-refractivity contribution in [2.45, 2.75) is 27.7 Å². The van der Waals surface area contributed by atoms with Crippen molar-refractivity contribution < 1.29 is 0 Å². The minimum atomic E-state index is -0.213. The lowest BCUT2D eigenvalue weighted by atomic mass is 10.1.